The first-order chi connectivity index (χ1) is 13.8. The van der Waals surface area contributed by atoms with Crippen molar-refractivity contribution in [2.75, 3.05) is 44.0 Å². The Labute approximate surface area is 171 Å². The Morgan fingerprint density at radius 3 is 2.62 bits per heavy atom. The zero-order valence-corrected chi connectivity index (χ0v) is 17.3. The Morgan fingerprint density at radius 2 is 1.93 bits per heavy atom. The molecule has 154 valence electrons. The first kappa shape index (κ1) is 20.7. The molecule has 3 rings (SSSR count). The molecule has 0 radical (unpaired) electrons. The van der Waals surface area contributed by atoms with Crippen molar-refractivity contribution in [3.8, 4) is 11.5 Å². The molecule has 2 amide bonds. The Bertz CT molecular complexity index is 880. The number of carbonyl (C=O) groups is 2. The van der Waals surface area contributed by atoms with E-state index in [1.807, 2.05) is 50.2 Å². The van der Waals surface area contributed by atoms with Crippen LogP contribution in [0, 0.1) is 6.92 Å². The molecule has 1 heterocycles. The van der Waals surface area contributed by atoms with Crippen molar-refractivity contribution in [3.63, 3.8) is 0 Å². The monoisotopic (exact) mass is 397 g/mol. The van der Waals surface area contributed by atoms with Crippen LogP contribution in [0.15, 0.2) is 42.5 Å². The number of fused-ring (bicyclic) bond motifs is 1. The fraction of sp³-hybridized carbons (Fsp3) is 0.364. The number of nitrogens with one attached hydrogen (secondary N) is 1. The summed E-state index contributed by atoms with van der Waals surface area (Å²) in [6, 6.07) is 12.8. The van der Waals surface area contributed by atoms with E-state index in [1.54, 1.807) is 30.0 Å². The predicted octanol–water partition coefficient (Wildman–Crippen LogP) is 2.69. The molecule has 0 bridgehead atoms. The Kier molecular flexibility index (Phi) is 6.39. The number of likely N-dealkylation sites (N-methyl/N-ethyl adjacent to an activating group) is 1. The minimum Gasteiger partial charge on any atom is -0.484 e. The van der Waals surface area contributed by atoms with Crippen LogP contribution in [0.5, 0.6) is 11.5 Å². The van der Waals surface area contributed by atoms with Gasteiger partial charge in [0.2, 0.25) is 0 Å². The molecule has 7 nitrogen and oxygen atoms in total. The minimum atomic E-state index is -0.569. The fourth-order valence-electron chi connectivity index (χ4n) is 3.00. The molecule has 0 saturated heterocycles. The van der Waals surface area contributed by atoms with E-state index in [2.05, 4.69) is 5.32 Å². The zero-order chi connectivity index (χ0) is 21.0. The molecular formula is C22H27N3O4. The molecule has 0 saturated carbocycles. The number of rotatable bonds is 7. The second-order valence-electron chi connectivity index (χ2n) is 7.39. The van der Waals surface area contributed by atoms with E-state index in [-0.39, 0.29) is 18.4 Å². The van der Waals surface area contributed by atoms with Crippen LogP contribution in [0.1, 0.15) is 12.5 Å². The number of hydrogen-bond acceptors (Lipinski definition) is 5. The molecule has 2 aromatic carbocycles. The van der Waals surface area contributed by atoms with Crippen molar-refractivity contribution >= 4 is 23.2 Å². The average Bonchev–Trinajstić information content (AvgIpc) is 2.68. The number of hydrogen-bond donors (Lipinski definition) is 1. The van der Waals surface area contributed by atoms with E-state index >= 15 is 0 Å². The van der Waals surface area contributed by atoms with Crippen LogP contribution in [-0.4, -0.2) is 56.6 Å². The number of amides is 2. The summed E-state index contributed by atoms with van der Waals surface area (Å²) >= 11 is 0. The highest BCUT2D eigenvalue weighted by Gasteiger charge is 2.31. The van der Waals surface area contributed by atoms with E-state index in [4.69, 9.17) is 9.47 Å². The Morgan fingerprint density at radius 1 is 1.21 bits per heavy atom. The van der Waals surface area contributed by atoms with Crippen LogP contribution >= 0.6 is 0 Å². The van der Waals surface area contributed by atoms with E-state index in [0.717, 1.165) is 12.1 Å². The number of aryl methyl sites for hydroxylation is 1. The molecule has 0 spiro atoms. The van der Waals surface area contributed by atoms with Crippen LogP contribution < -0.4 is 19.7 Å². The van der Waals surface area contributed by atoms with Crippen molar-refractivity contribution in [2.24, 2.45) is 0 Å². The second-order valence-corrected chi connectivity index (χ2v) is 7.39. The largest absolute Gasteiger partial charge is 0.484 e. The third kappa shape index (κ3) is 5.26. The van der Waals surface area contributed by atoms with Gasteiger partial charge in [0.1, 0.15) is 11.5 Å². The number of nitrogens with zero attached hydrogens (tertiary/aromatic N) is 2. The number of benzene rings is 2. The molecular weight excluding hydrogens is 370 g/mol. The maximum absolute atomic E-state index is 12.5. The first-order valence-corrected chi connectivity index (χ1v) is 9.59. The molecule has 29 heavy (non-hydrogen) atoms. The third-order valence-electron chi connectivity index (χ3n) is 4.61. The van der Waals surface area contributed by atoms with Gasteiger partial charge in [-0.15, -0.1) is 0 Å². The summed E-state index contributed by atoms with van der Waals surface area (Å²) < 4.78 is 11.3. The predicted molar refractivity (Wildman–Crippen MR) is 113 cm³/mol. The lowest BCUT2D eigenvalue weighted by atomic mass is 10.1. The normalized spacial score (nSPS) is 15.7. The van der Waals surface area contributed by atoms with Crippen molar-refractivity contribution in [3.05, 3.63) is 48.0 Å². The van der Waals surface area contributed by atoms with Gasteiger partial charge in [-0.25, -0.2) is 0 Å². The average molecular weight is 397 g/mol. The van der Waals surface area contributed by atoms with Gasteiger partial charge in [-0.3, -0.25) is 9.59 Å². The summed E-state index contributed by atoms with van der Waals surface area (Å²) in [6.45, 7) is 4.94. The summed E-state index contributed by atoms with van der Waals surface area (Å²) in [5.41, 5.74) is 2.43. The van der Waals surface area contributed by atoms with Gasteiger partial charge in [0.25, 0.3) is 11.8 Å². The van der Waals surface area contributed by atoms with Gasteiger partial charge in [-0.1, -0.05) is 17.7 Å². The lowest BCUT2D eigenvalue weighted by Gasteiger charge is -2.34. The molecule has 2 aromatic rings. The van der Waals surface area contributed by atoms with Gasteiger partial charge in [-0.05, 0) is 52.2 Å². The van der Waals surface area contributed by atoms with Crippen molar-refractivity contribution in [1.82, 2.24) is 4.90 Å². The van der Waals surface area contributed by atoms with Gasteiger partial charge >= 0.3 is 0 Å². The smallest absolute Gasteiger partial charge is 0.267 e. The molecule has 0 fully saturated rings. The maximum Gasteiger partial charge on any atom is 0.267 e. The van der Waals surface area contributed by atoms with Crippen molar-refractivity contribution < 1.29 is 19.1 Å². The summed E-state index contributed by atoms with van der Waals surface area (Å²) in [5.74, 6) is 0.883. The Balaban J connectivity index is 1.66. The molecule has 1 N–H and O–H groups in total. The second kappa shape index (κ2) is 8.96. The fourth-order valence-corrected chi connectivity index (χ4v) is 3.00. The van der Waals surface area contributed by atoms with Gasteiger partial charge < -0.3 is 24.6 Å². The topological polar surface area (TPSA) is 71.1 Å². The van der Waals surface area contributed by atoms with E-state index < -0.39 is 6.10 Å². The van der Waals surface area contributed by atoms with Gasteiger partial charge in [0.15, 0.2) is 12.7 Å². The van der Waals surface area contributed by atoms with Crippen molar-refractivity contribution in [1.29, 1.82) is 0 Å². The number of anilines is 2. The molecule has 1 aliphatic heterocycles. The van der Waals surface area contributed by atoms with E-state index in [9.17, 15) is 9.59 Å². The highest BCUT2D eigenvalue weighted by Crippen LogP contribution is 2.36. The van der Waals surface area contributed by atoms with Crippen LogP contribution in [-0.2, 0) is 9.59 Å². The summed E-state index contributed by atoms with van der Waals surface area (Å²) in [7, 11) is 3.93. The van der Waals surface area contributed by atoms with Crippen molar-refractivity contribution in [2.45, 2.75) is 20.0 Å². The highest BCUT2D eigenvalue weighted by atomic mass is 16.5. The van der Waals surface area contributed by atoms with E-state index in [0.29, 0.717) is 29.4 Å². The number of carbonyl (C=O) groups excluding carboxylic acids is 2. The van der Waals surface area contributed by atoms with Gasteiger partial charge in [0, 0.05) is 24.8 Å². The summed E-state index contributed by atoms with van der Waals surface area (Å²) in [6.07, 6.45) is -0.569. The van der Waals surface area contributed by atoms with Crippen LogP contribution in [0.25, 0.3) is 0 Å². The molecule has 1 aliphatic rings. The Hall–Kier alpha value is -3.06. The molecule has 1 unspecified atom stereocenters. The molecule has 7 heteroatoms. The lowest BCUT2D eigenvalue weighted by Crippen LogP contribution is -2.46. The summed E-state index contributed by atoms with van der Waals surface area (Å²) in [5, 5.41) is 2.81. The molecule has 0 aromatic heterocycles. The zero-order valence-electron chi connectivity index (χ0n) is 17.3. The van der Waals surface area contributed by atoms with Gasteiger partial charge in [-0.2, -0.15) is 0 Å². The van der Waals surface area contributed by atoms with E-state index in [1.165, 1.54) is 0 Å². The number of ether oxygens (including phenoxy) is 2. The first-order valence-electron chi connectivity index (χ1n) is 9.59. The molecule has 1 atom stereocenters. The van der Waals surface area contributed by atoms with Gasteiger partial charge in [0.05, 0.1) is 5.69 Å². The van der Waals surface area contributed by atoms with Crippen LogP contribution in [0.3, 0.4) is 0 Å². The standard InChI is InChI=1S/C22H27N3O4/c1-15-5-8-18(9-6-15)28-14-21(26)23-17-7-10-19-20(13-17)29-16(2)22(27)25(19)12-11-24(3)4/h5-10,13,16H,11-12,14H2,1-4H3,(H,23,26). The quantitative estimate of drug-likeness (QED) is 0.778. The highest BCUT2D eigenvalue weighted by molar-refractivity contribution is 6.00. The third-order valence-corrected chi connectivity index (χ3v) is 4.61. The lowest BCUT2D eigenvalue weighted by molar-refractivity contribution is -0.125. The van der Waals surface area contributed by atoms with Crippen LogP contribution in [0.4, 0.5) is 11.4 Å². The summed E-state index contributed by atoms with van der Waals surface area (Å²) in [4.78, 5) is 28.5. The molecule has 0 aliphatic carbocycles. The SMILES string of the molecule is Cc1ccc(OCC(=O)Nc2ccc3c(c2)OC(C)C(=O)N3CCN(C)C)cc1. The maximum atomic E-state index is 12.5. The minimum absolute atomic E-state index is 0.0670. The van der Waals surface area contributed by atoms with Crippen LogP contribution in [0.2, 0.25) is 0 Å².